The molecule has 0 aliphatic heterocycles. The van der Waals surface area contributed by atoms with Crippen LogP contribution in [0.4, 0.5) is 5.69 Å². The Bertz CT molecular complexity index is 1120. The van der Waals surface area contributed by atoms with Crippen molar-refractivity contribution in [3.8, 4) is 10.7 Å². The smallest absolute Gasteiger partial charge is 0.229 e. The maximum Gasteiger partial charge on any atom is 0.229 e. The van der Waals surface area contributed by atoms with Crippen molar-refractivity contribution < 1.29 is 13.2 Å². The largest absolute Gasteiger partial charge is 0.298 e. The van der Waals surface area contributed by atoms with Crippen LogP contribution in [0.2, 0.25) is 0 Å². The van der Waals surface area contributed by atoms with Gasteiger partial charge in [-0.1, -0.05) is 17.8 Å². The molecule has 0 spiro atoms. The van der Waals surface area contributed by atoms with Gasteiger partial charge in [0.25, 0.3) is 0 Å². The number of thioether (sulfide) groups is 1. The quantitative estimate of drug-likeness (QED) is 0.412. The summed E-state index contributed by atoms with van der Waals surface area (Å²) in [7, 11) is -3.35. The van der Waals surface area contributed by atoms with E-state index in [-0.39, 0.29) is 11.0 Å². The Hall–Kier alpha value is -2.17. The van der Waals surface area contributed by atoms with Crippen LogP contribution in [0.15, 0.2) is 46.9 Å². The minimum absolute atomic E-state index is 0.0380. The highest BCUT2D eigenvalue weighted by Crippen LogP contribution is 2.42. The molecule has 0 bridgehead atoms. The van der Waals surface area contributed by atoms with Crippen molar-refractivity contribution in [3.05, 3.63) is 47.3 Å². The fourth-order valence-corrected chi connectivity index (χ4v) is 5.22. The molecule has 0 saturated heterocycles. The molecule has 1 fully saturated rings. The van der Waals surface area contributed by atoms with E-state index in [0.29, 0.717) is 17.3 Å². The summed E-state index contributed by atoms with van der Waals surface area (Å²) in [5.74, 6) is 0.824. The summed E-state index contributed by atoms with van der Waals surface area (Å²) in [4.78, 5) is 13.9. The fourth-order valence-electron chi connectivity index (χ4n) is 2.96. The van der Waals surface area contributed by atoms with Gasteiger partial charge in [-0.2, -0.15) is 0 Å². The van der Waals surface area contributed by atoms with Crippen molar-refractivity contribution in [2.45, 2.75) is 36.2 Å². The normalized spacial score (nSPS) is 15.2. The van der Waals surface area contributed by atoms with Crippen LogP contribution in [0.5, 0.6) is 0 Å². The second-order valence-electron chi connectivity index (χ2n) is 6.96. The Morgan fingerprint density at radius 3 is 2.55 bits per heavy atom. The lowest BCUT2D eigenvalue weighted by molar-refractivity contribution is 0.0994. The van der Waals surface area contributed by atoms with E-state index in [0.717, 1.165) is 35.0 Å². The number of hydrogen-bond acceptors (Lipinski definition) is 7. The number of sulfonamides is 1. The van der Waals surface area contributed by atoms with Gasteiger partial charge in [0.15, 0.2) is 16.8 Å². The number of anilines is 1. The molecule has 152 valence electrons. The lowest BCUT2D eigenvalue weighted by atomic mass is 10.1. The van der Waals surface area contributed by atoms with Gasteiger partial charge in [-0.05, 0) is 55.5 Å². The van der Waals surface area contributed by atoms with E-state index < -0.39 is 10.0 Å². The third-order valence-corrected chi connectivity index (χ3v) is 6.97. The standard InChI is InChI=1S/C19H20N4O3S3/c1-12(17(24)13-5-7-14(8-6-13)22-29(2,25)26)28-19-21-20-18(16-4-3-11-27-16)23(19)15-9-10-15/h3-8,11-12,15,22H,9-10H2,1-2H3/t12-/m0/s1. The number of Topliss-reactive ketones (excluding diaryl/α,β-unsaturated/α-hetero) is 1. The topological polar surface area (TPSA) is 93.9 Å². The first-order valence-corrected chi connectivity index (χ1v) is 12.7. The molecule has 10 heteroatoms. The SMILES string of the molecule is C[C@H](Sc1nnc(-c2cccs2)n1C1CC1)C(=O)c1ccc(NS(C)(=O)=O)cc1. The van der Waals surface area contributed by atoms with Crippen LogP contribution in [-0.4, -0.2) is 40.5 Å². The zero-order valence-corrected chi connectivity index (χ0v) is 18.4. The highest BCUT2D eigenvalue weighted by molar-refractivity contribution is 8.00. The zero-order valence-electron chi connectivity index (χ0n) is 15.9. The minimum Gasteiger partial charge on any atom is -0.298 e. The molecule has 1 atom stereocenters. The summed E-state index contributed by atoms with van der Waals surface area (Å²) in [6.45, 7) is 1.85. The number of hydrogen-bond donors (Lipinski definition) is 1. The van der Waals surface area contributed by atoms with Gasteiger partial charge in [0, 0.05) is 17.3 Å². The molecule has 2 heterocycles. The van der Waals surface area contributed by atoms with Gasteiger partial charge in [-0.3, -0.25) is 14.1 Å². The maximum atomic E-state index is 12.9. The molecule has 0 radical (unpaired) electrons. The van der Waals surface area contributed by atoms with Gasteiger partial charge in [-0.25, -0.2) is 8.42 Å². The third-order valence-electron chi connectivity index (χ3n) is 4.44. The number of aromatic nitrogens is 3. The maximum absolute atomic E-state index is 12.9. The monoisotopic (exact) mass is 448 g/mol. The first-order chi connectivity index (χ1) is 13.8. The van der Waals surface area contributed by atoms with E-state index in [1.54, 1.807) is 35.6 Å². The van der Waals surface area contributed by atoms with Gasteiger partial charge < -0.3 is 0 Å². The highest BCUT2D eigenvalue weighted by atomic mass is 32.2. The molecule has 0 amide bonds. The van der Waals surface area contributed by atoms with Crippen LogP contribution in [0, 0.1) is 0 Å². The summed E-state index contributed by atoms with van der Waals surface area (Å²) in [6, 6.07) is 10.9. The molecule has 1 aromatic carbocycles. The summed E-state index contributed by atoms with van der Waals surface area (Å²) < 4.78 is 27.2. The Labute approximate surface area is 177 Å². The number of nitrogens with one attached hydrogen (secondary N) is 1. The van der Waals surface area contributed by atoms with Crippen LogP contribution >= 0.6 is 23.1 Å². The van der Waals surface area contributed by atoms with Gasteiger partial charge in [-0.15, -0.1) is 21.5 Å². The molecule has 3 aromatic rings. The summed E-state index contributed by atoms with van der Waals surface area (Å²) in [5, 5.41) is 11.2. The van der Waals surface area contributed by atoms with E-state index in [1.165, 1.54) is 11.8 Å². The molecule has 7 nitrogen and oxygen atoms in total. The van der Waals surface area contributed by atoms with E-state index in [2.05, 4.69) is 19.5 Å². The molecule has 4 rings (SSSR count). The average molecular weight is 449 g/mol. The molecule has 29 heavy (non-hydrogen) atoms. The second kappa shape index (κ2) is 7.92. The lowest BCUT2D eigenvalue weighted by Crippen LogP contribution is -2.15. The first-order valence-electron chi connectivity index (χ1n) is 9.09. The van der Waals surface area contributed by atoms with Crippen molar-refractivity contribution in [1.82, 2.24) is 14.8 Å². The van der Waals surface area contributed by atoms with Crippen molar-refractivity contribution in [1.29, 1.82) is 0 Å². The van der Waals surface area contributed by atoms with Crippen LogP contribution < -0.4 is 4.72 Å². The van der Waals surface area contributed by atoms with Crippen LogP contribution in [0.25, 0.3) is 10.7 Å². The molecule has 1 aliphatic carbocycles. The summed E-state index contributed by atoms with van der Waals surface area (Å²) >= 11 is 3.03. The number of nitrogens with zero attached hydrogens (tertiary/aromatic N) is 3. The first kappa shape index (κ1) is 20.1. The predicted octanol–water partition coefficient (Wildman–Crippen LogP) is 4.08. The Kier molecular flexibility index (Phi) is 5.50. The van der Waals surface area contributed by atoms with Crippen LogP contribution in [-0.2, 0) is 10.0 Å². The number of carbonyl (C=O) groups excluding carboxylic acids is 1. The molecule has 2 aromatic heterocycles. The highest BCUT2D eigenvalue weighted by Gasteiger charge is 2.31. The van der Waals surface area contributed by atoms with Gasteiger partial charge >= 0.3 is 0 Å². The summed E-state index contributed by atoms with van der Waals surface area (Å²) in [6.07, 6.45) is 3.29. The number of rotatable bonds is 8. The number of ketones is 1. The minimum atomic E-state index is -3.35. The number of benzene rings is 1. The van der Waals surface area contributed by atoms with E-state index >= 15 is 0 Å². The van der Waals surface area contributed by atoms with E-state index in [9.17, 15) is 13.2 Å². The van der Waals surface area contributed by atoms with Gasteiger partial charge in [0.2, 0.25) is 10.0 Å². The van der Waals surface area contributed by atoms with Crippen molar-refractivity contribution in [3.63, 3.8) is 0 Å². The van der Waals surface area contributed by atoms with Crippen molar-refractivity contribution >= 4 is 44.6 Å². The molecular weight excluding hydrogens is 428 g/mol. The molecule has 0 unspecified atom stereocenters. The Morgan fingerprint density at radius 1 is 1.24 bits per heavy atom. The number of carbonyl (C=O) groups is 1. The Morgan fingerprint density at radius 2 is 1.97 bits per heavy atom. The molecule has 1 N–H and O–H groups in total. The average Bonchev–Trinajstić information content (AvgIpc) is 3.19. The zero-order chi connectivity index (χ0) is 20.6. The molecule has 1 saturated carbocycles. The number of thiophene rings is 1. The second-order valence-corrected chi connectivity index (χ2v) is 11.0. The lowest BCUT2D eigenvalue weighted by Gasteiger charge is -2.12. The Balaban J connectivity index is 1.51. The van der Waals surface area contributed by atoms with Crippen LogP contribution in [0.3, 0.4) is 0 Å². The molecular formula is C19H20N4O3S3. The van der Waals surface area contributed by atoms with Crippen molar-refractivity contribution in [2.24, 2.45) is 0 Å². The fraction of sp³-hybridized carbons (Fsp3) is 0.316. The molecule has 1 aliphatic rings. The third kappa shape index (κ3) is 4.71. The predicted molar refractivity (Wildman–Crippen MR) is 116 cm³/mol. The van der Waals surface area contributed by atoms with Gasteiger partial charge in [0.1, 0.15) is 0 Å². The van der Waals surface area contributed by atoms with E-state index in [4.69, 9.17) is 0 Å². The summed E-state index contributed by atoms with van der Waals surface area (Å²) in [5.41, 5.74) is 0.957. The van der Waals surface area contributed by atoms with Crippen LogP contribution in [0.1, 0.15) is 36.2 Å². The van der Waals surface area contributed by atoms with Gasteiger partial charge in [0.05, 0.1) is 16.4 Å². The van der Waals surface area contributed by atoms with E-state index in [1.807, 2.05) is 24.4 Å². The van der Waals surface area contributed by atoms with Crippen molar-refractivity contribution in [2.75, 3.05) is 11.0 Å².